The Kier molecular flexibility index (Phi) is 6.61. The normalized spacial score (nSPS) is 28.4. The number of rotatable bonds is 10. The SMILES string of the molecule is CN(C)CCN(C)CCN(C)CCC[Si]12OCC(CO1)O2. The maximum atomic E-state index is 5.86. The van der Waals surface area contributed by atoms with Crippen molar-refractivity contribution in [3.8, 4) is 0 Å². The van der Waals surface area contributed by atoms with Crippen LogP contribution in [-0.4, -0.2) is 104 Å². The van der Waals surface area contributed by atoms with Crippen molar-refractivity contribution in [2.24, 2.45) is 0 Å². The first kappa shape index (κ1) is 17.3. The molecule has 2 saturated heterocycles. The molecule has 0 aromatic heterocycles. The van der Waals surface area contributed by atoms with Gasteiger partial charge in [-0.1, -0.05) is 0 Å². The Morgan fingerprint density at radius 1 is 0.857 bits per heavy atom. The molecule has 0 spiro atoms. The Balaban J connectivity index is 1.52. The van der Waals surface area contributed by atoms with Crippen LogP contribution < -0.4 is 0 Å². The van der Waals surface area contributed by atoms with E-state index in [-0.39, 0.29) is 6.10 Å². The zero-order chi connectivity index (χ0) is 15.3. The molecule has 0 N–H and O–H groups in total. The summed E-state index contributed by atoms with van der Waals surface area (Å²) in [5.74, 6) is 0. The highest BCUT2D eigenvalue weighted by atomic mass is 28.4. The molecule has 0 unspecified atom stereocenters. The summed E-state index contributed by atoms with van der Waals surface area (Å²) in [5, 5.41) is 0. The third kappa shape index (κ3) is 5.59. The van der Waals surface area contributed by atoms with E-state index < -0.39 is 8.80 Å². The first-order chi connectivity index (χ1) is 9.99. The summed E-state index contributed by atoms with van der Waals surface area (Å²) in [5.41, 5.74) is 0. The molecule has 2 aliphatic heterocycles. The molecule has 0 saturated carbocycles. The van der Waals surface area contributed by atoms with Crippen LogP contribution in [0.25, 0.3) is 0 Å². The molecule has 0 amide bonds. The smallest absolute Gasteiger partial charge is 0.371 e. The molecule has 2 fully saturated rings. The topological polar surface area (TPSA) is 37.4 Å². The van der Waals surface area contributed by atoms with Gasteiger partial charge in [-0.25, -0.2) is 0 Å². The Morgan fingerprint density at radius 3 is 1.95 bits per heavy atom. The second-order valence-corrected chi connectivity index (χ2v) is 9.24. The first-order valence-corrected chi connectivity index (χ1v) is 9.90. The summed E-state index contributed by atoms with van der Waals surface area (Å²) in [6.07, 6.45) is 1.32. The van der Waals surface area contributed by atoms with Crippen LogP contribution in [0.2, 0.25) is 6.04 Å². The predicted octanol–water partition coefficient (Wildman–Crippen LogP) is 0.186. The molecular weight excluding hydrogens is 286 g/mol. The molecule has 124 valence electrons. The van der Waals surface area contributed by atoms with Crippen LogP contribution >= 0.6 is 0 Å². The molecule has 0 aliphatic carbocycles. The van der Waals surface area contributed by atoms with Crippen molar-refractivity contribution >= 4 is 8.80 Å². The molecule has 7 heteroatoms. The first-order valence-electron chi connectivity index (χ1n) is 7.97. The van der Waals surface area contributed by atoms with Gasteiger partial charge in [0.1, 0.15) is 0 Å². The van der Waals surface area contributed by atoms with E-state index in [1.807, 2.05) is 0 Å². The zero-order valence-electron chi connectivity index (χ0n) is 14.0. The van der Waals surface area contributed by atoms with Crippen molar-refractivity contribution < 1.29 is 13.3 Å². The molecular formula is C14H31N3O3Si. The molecule has 2 bridgehead atoms. The zero-order valence-corrected chi connectivity index (χ0v) is 15.0. The number of fused-ring (bicyclic) bond motifs is 2. The number of nitrogens with zero attached hydrogens (tertiary/aromatic N) is 3. The van der Waals surface area contributed by atoms with E-state index in [1.165, 1.54) is 0 Å². The molecule has 0 aromatic carbocycles. The lowest BCUT2D eigenvalue weighted by molar-refractivity contribution is 0.146. The fraction of sp³-hybridized carbons (Fsp3) is 1.00. The van der Waals surface area contributed by atoms with Gasteiger partial charge in [-0.2, -0.15) is 0 Å². The molecule has 0 atom stereocenters. The quantitative estimate of drug-likeness (QED) is 0.535. The molecule has 2 heterocycles. The minimum atomic E-state index is -2.21. The van der Waals surface area contributed by atoms with Crippen LogP contribution in [0, 0.1) is 0 Å². The third-order valence-electron chi connectivity index (χ3n) is 4.14. The highest BCUT2D eigenvalue weighted by Crippen LogP contribution is 2.32. The van der Waals surface area contributed by atoms with Crippen molar-refractivity contribution in [3.63, 3.8) is 0 Å². The summed E-state index contributed by atoms with van der Waals surface area (Å²) in [6.45, 7) is 7.02. The highest BCUT2D eigenvalue weighted by Gasteiger charge is 2.54. The summed E-state index contributed by atoms with van der Waals surface area (Å²) in [7, 11) is 6.40. The van der Waals surface area contributed by atoms with E-state index in [9.17, 15) is 0 Å². The lowest BCUT2D eigenvalue weighted by atomic mass is 10.4. The van der Waals surface area contributed by atoms with Crippen molar-refractivity contribution in [1.82, 2.24) is 14.7 Å². The van der Waals surface area contributed by atoms with Crippen LogP contribution in [0.4, 0.5) is 0 Å². The average Bonchev–Trinajstić information content (AvgIpc) is 3.03. The van der Waals surface area contributed by atoms with Gasteiger partial charge in [0.05, 0.1) is 19.3 Å². The second kappa shape index (κ2) is 8.01. The average molecular weight is 318 g/mol. The number of hydrogen-bond donors (Lipinski definition) is 0. The molecule has 0 radical (unpaired) electrons. The van der Waals surface area contributed by atoms with Crippen LogP contribution in [0.15, 0.2) is 0 Å². The lowest BCUT2D eigenvalue weighted by Gasteiger charge is -2.24. The van der Waals surface area contributed by atoms with Gasteiger partial charge in [0, 0.05) is 32.2 Å². The van der Waals surface area contributed by atoms with E-state index >= 15 is 0 Å². The minimum absolute atomic E-state index is 0.222. The highest BCUT2D eigenvalue weighted by molar-refractivity contribution is 6.61. The van der Waals surface area contributed by atoms with Crippen molar-refractivity contribution in [2.45, 2.75) is 18.6 Å². The van der Waals surface area contributed by atoms with E-state index in [4.69, 9.17) is 13.3 Å². The molecule has 21 heavy (non-hydrogen) atoms. The van der Waals surface area contributed by atoms with Crippen molar-refractivity contribution in [1.29, 1.82) is 0 Å². The number of hydrogen-bond acceptors (Lipinski definition) is 6. The summed E-state index contributed by atoms with van der Waals surface area (Å²) in [4.78, 5) is 7.00. The largest absolute Gasteiger partial charge is 0.501 e. The fourth-order valence-electron chi connectivity index (χ4n) is 2.62. The van der Waals surface area contributed by atoms with E-state index in [2.05, 4.69) is 42.9 Å². The van der Waals surface area contributed by atoms with Gasteiger partial charge in [-0.15, -0.1) is 0 Å². The second-order valence-electron chi connectivity index (χ2n) is 6.56. The summed E-state index contributed by atoms with van der Waals surface area (Å²) >= 11 is 0. The van der Waals surface area contributed by atoms with Crippen LogP contribution in [0.1, 0.15) is 6.42 Å². The Bertz CT molecular complexity index is 312. The summed E-state index contributed by atoms with van der Waals surface area (Å²) < 4.78 is 17.3. The van der Waals surface area contributed by atoms with Gasteiger partial charge in [0.2, 0.25) is 0 Å². The standard InChI is InChI=1S/C14H31N3O3Si/c1-15(2)7-8-17(4)10-9-16(3)6-5-11-21-18-12-14(20-21)13-19-21/h14H,5-13H2,1-4H3. The molecule has 2 aliphatic rings. The van der Waals surface area contributed by atoms with E-state index in [0.717, 1.165) is 58.4 Å². The third-order valence-corrected chi connectivity index (χ3v) is 7.01. The van der Waals surface area contributed by atoms with E-state index in [0.29, 0.717) is 0 Å². The van der Waals surface area contributed by atoms with Crippen molar-refractivity contribution in [3.05, 3.63) is 0 Å². The Labute approximate surface area is 130 Å². The van der Waals surface area contributed by atoms with Crippen LogP contribution in [0.3, 0.4) is 0 Å². The maximum Gasteiger partial charge on any atom is 0.501 e. The molecule has 6 nitrogen and oxygen atoms in total. The Hall–Kier alpha value is -0.0231. The molecule has 0 aromatic rings. The van der Waals surface area contributed by atoms with Gasteiger partial charge < -0.3 is 28.0 Å². The molecule has 2 rings (SSSR count). The number of likely N-dealkylation sites (N-methyl/N-ethyl adjacent to an activating group) is 3. The predicted molar refractivity (Wildman–Crippen MR) is 85.5 cm³/mol. The lowest BCUT2D eigenvalue weighted by Crippen LogP contribution is -2.39. The van der Waals surface area contributed by atoms with Crippen molar-refractivity contribution in [2.75, 3.05) is 74.1 Å². The van der Waals surface area contributed by atoms with Gasteiger partial charge >= 0.3 is 8.80 Å². The van der Waals surface area contributed by atoms with Gasteiger partial charge in [-0.05, 0) is 41.2 Å². The van der Waals surface area contributed by atoms with E-state index in [1.54, 1.807) is 0 Å². The maximum absolute atomic E-state index is 5.86. The van der Waals surface area contributed by atoms with Gasteiger partial charge in [0.25, 0.3) is 0 Å². The van der Waals surface area contributed by atoms with Gasteiger partial charge in [0.15, 0.2) is 0 Å². The van der Waals surface area contributed by atoms with Gasteiger partial charge in [-0.3, -0.25) is 0 Å². The fourth-order valence-corrected chi connectivity index (χ4v) is 5.36. The minimum Gasteiger partial charge on any atom is -0.371 e. The summed E-state index contributed by atoms with van der Waals surface area (Å²) in [6, 6.07) is 0.963. The monoisotopic (exact) mass is 317 g/mol. The van der Waals surface area contributed by atoms with Crippen LogP contribution in [0.5, 0.6) is 0 Å². The van der Waals surface area contributed by atoms with Crippen LogP contribution in [-0.2, 0) is 13.3 Å². The Morgan fingerprint density at radius 2 is 1.43 bits per heavy atom.